The topological polar surface area (TPSA) is 113 Å². The normalized spacial score (nSPS) is 16.6. The molecular formula is C10H20N2O4. The number of aliphatic carboxylic acids is 1. The molecule has 0 aliphatic rings. The third-order valence-corrected chi connectivity index (χ3v) is 2.37. The first-order valence-corrected chi connectivity index (χ1v) is 5.15. The van der Waals surface area contributed by atoms with Gasteiger partial charge in [-0.3, -0.25) is 4.79 Å². The number of carboxylic acid groups (broad SMARTS) is 1. The van der Waals surface area contributed by atoms with Gasteiger partial charge in [-0.1, -0.05) is 13.8 Å². The fourth-order valence-electron chi connectivity index (χ4n) is 0.868. The first kappa shape index (κ1) is 14.9. The van der Waals surface area contributed by atoms with Gasteiger partial charge in [0.05, 0.1) is 6.54 Å². The summed E-state index contributed by atoms with van der Waals surface area (Å²) in [6.45, 7) is 4.58. The molecule has 0 aromatic carbocycles. The number of amides is 1. The molecule has 94 valence electrons. The third kappa shape index (κ3) is 5.09. The van der Waals surface area contributed by atoms with Gasteiger partial charge in [-0.25, -0.2) is 4.79 Å². The number of hydrogen-bond acceptors (Lipinski definition) is 4. The molecule has 2 atom stereocenters. The molecule has 0 aliphatic carbocycles. The predicted octanol–water partition coefficient (Wildman–Crippen LogP) is -0.688. The summed E-state index contributed by atoms with van der Waals surface area (Å²) in [5.74, 6) is -1.56. The molecule has 0 aliphatic heterocycles. The Kier molecular flexibility index (Phi) is 5.40. The molecule has 0 aromatic rings. The van der Waals surface area contributed by atoms with Crippen LogP contribution in [0, 0.1) is 5.92 Å². The van der Waals surface area contributed by atoms with E-state index < -0.39 is 11.6 Å². The highest BCUT2D eigenvalue weighted by Crippen LogP contribution is 2.04. The Labute approximate surface area is 94.8 Å². The highest BCUT2D eigenvalue weighted by Gasteiger charge is 2.30. The third-order valence-electron chi connectivity index (χ3n) is 2.37. The van der Waals surface area contributed by atoms with E-state index >= 15 is 0 Å². The Morgan fingerprint density at radius 2 is 1.94 bits per heavy atom. The van der Waals surface area contributed by atoms with Gasteiger partial charge >= 0.3 is 5.97 Å². The van der Waals surface area contributed by atoms with E-state index in [1.54, 1.807) is 0 Å². The van der Waals surface area contributed by atoms with E-state index in [1.807, 2.05) is 13.8 Å². The number of hydrogen-bond donors (Lipinski definition) is 4. The molecule has 2 unspecified atom stereocenters. The summed E-state index contributed by atoms with van der Waals surface area (Å²) >= 11 is 0. The molecule has 0 rings (SSSR count). The molecule has 6 heteroatoms. The zero-order chi connectivity index (χ0) is 12.9. The summed E-state index contributed by atoms with van der Waals surface area (Å²) in [5, 5.41) is 20.3. The Balaban J connectivity index is 4.04. The van der Waals surface area contributed by atoms with Gasteiger partial charge in [-0.2, -0.15) is 0 Å². The van der Waals surface area contributed by atoms with Crippen LogP contribution >= 0.6 is 0 Å². The van der Waals surface area contributed by atoms with Gasteiger partial charge in [0.1, 0.15) is 0 Å². The van der Waals surface area contributed by atoms with E-state index in [4.69, 9.17) is 10.8 Å². The van der Waals surface area contributed by atoms with Crippen molar-refractivity contribution in [1.29, 1.82) is 0 Å². The largest absolute Gasteiger partial charge is 0.479 e. The maximum Gasteiger partial charge on any atom is 0.337 e. The van der Waals surface area contributed by atoms with Gasteiger partial charge in [0, 0.05) is 12.5 Å². The van der Waals surface area contributed by atoms with Crippen molar-refractivity contribution in [2.45, 2.75) is 38.8 Å². The molecule has 16 heavy (non-hydrogen) atoms. The summed E-state index contributed by atoms with van der Waals surface area (Å²) in [7, 11) is 0. The monoisotopic (exact) mass is 232 g/mol. The average molecular weight is 232 g/mol. The Hall–Kier alpha value is -1.14. The average Bonchev–Trinajstić information content (AvgIpc) is 2.14. The maximum absolute atomic E-state index is 11.3. The molecule has 0 bridgehead atoms. The van der Waals surface area contributed by atoms with Crippen LogP contribution in [0.3, 0.4) is 0 Å². The van der Waals surface area contributed by atoms with E-state index in [2.05, 4.69) is 5.32 Å². The lowest BCUT2D eigenvalue weighted by Gasteiger charge is -2.20. The van der Waals surface area contributed by atoms with Crippen LogP contribution in [0.25, 0.3) is 0 Å². The minimum atomic E-state index is -1.95. The number of carbonyl (C=O) groups excluding carboxylic acids is 1. The van der Waals surface area contributed by atoms with Crippen molar-refractivity contribution in [3.63, 3.8) is 0 Å². The van der Waals surface area contributed by atoms with Crippen LogP contribution in [0.15, 0.2) is 0 Å². The number of nitrogens with one attached hydrogen (secondary N) is 1. The zero-order valence-electron chi connectivity index (χ0n) is 9.86. The van der Waals surface area contributed by atoms with Crippen molar-refractivity contribution >= 4 is 11.9 Å². The quantitative estimate of drug-likeness (QED) is 0.484. The number of carboxylic acids is 1. The van der Waals surface area contributed by atoms with E-state index in [1.165, 1.54) is 0 Å². The van der Waals surface area contributed by atoms with Gasteiger partial charge < -0.3 is 21.3 Å². The van der Waals surface area contributed by atoms with Crippen molar-refractivity contribution in [3.05, 3.63) is 0 Å². The Morgan fingerprint density at radius 1 is 1.44 bits per heavy atom. The summed E-state index contributed by atoms with van der Waals surface area (Å²) in [6.07, 6.45) is 0.118. The summed E-state index contributed by atoms with van der Waals surface area (Å²) in [5.41, 5.74) is 3.73. The van der Waals surface area contributed by atoms with Crippen LogP contribution in [0.2, 0.25) is 0 Å². The summed E-state index contributed by atoms with van der Waals surface area (Å²) < 4.78 is 0. The van der Waals surface area contributed by atoms with Crippen molar-refractivity contribution < 1.29 is 19.8 Å². The molecule has 0 fully saturated rings. The second-order valence-electron chi connectivity index (χ2n) is 4.47. The number of nitrogens with two attached hydrogens (primary N) is 1. The lowest BCUT2D eigenvalue weighted by Crippen LogP contribution is -2.47. The van der Waals surface area contributed by atoms with Crippen molar-refractivity contribution in [2.75, 3.05) is 6.54 Å². The fourth-order valence-corrected chi connectivity index (χ4v) is 0.868. The molecule has 0 saturated heterocycles. The molecule has 0 spiro atoms. The van der Waals surface area contributed by atoms with Gasteiger partial charge in [0.15, 0.2) is 5.60 Å². The smallest absolute Gasteiger partial charge is 0.337 e. The van der Waals surface area contributed by atoms with Crippen LogP contribution in [-0.2, 0) is 9.59 Å². The van der Waals surface area contributed by atoms with Gasteiger partial charge in [0.2, 0.25) is 5.91 Å². The number of rotatable bonds is 6. The van der Waals surface area contributed by atoms with Crippen molar-refractivity contribution in [1.82, 2.24) is 5.32 Å². The minimum Gasteiger partial charge on any atom is -0.479 e. The summed E-state index contributed by atoms with van der Waals surface area (Å²) in [4.78, 5) is 21.9. The van der Waals surface area contributed by atoms with Gasteiger partial charge in [-0.05, 0) is 12.8 Å². The SMILES string of the molecule is CC(C)C(N)CC(=O)NCC(C)(O)C(=O)O. The molecule has 5 N–H and O–H groups in total. The standard InChI is InChI=1S/C10H20N2O4/c1-6(2)7(11)4-8(13)12-5-10(3,16)9(14)15/h6-7,16H,4-5,11H2,1-3H3,(H,12,13)(H,14,15). The lowest BCUT2D eigenvalue weighted by molar-refractivity contribution is -0.156. The first-order valence-electron chi connectivity index (χ1n) is 5.15. The van der Waals surface area contributed by atoms with Gasteiger partial charge in [-0.15, -0.1) is 0 Å². The predicted molar refractivity (Wildman–Crippen MR) is 58.7 cm³/mol. The first-order chi connectivity index (χ1) is 7.16. The molecular weight excluding hydrogens is 212 g/mol. The van der Waals surface area contributed by atoms with Crippen LogP contribution in [0.4, 0.5) is 0 Å². The molecule has 0 radical (unpaired) electrons. The van der Waals surface area contributed by atoms with E-state index in [0.717, 1.165) is 6.92 Å². The second-order valence-corrected chi connectivity index (χ2v) is 4.47. The lowest BCUT2D eigenvalue weighted by atomic mass is 10.0. The molecule has 0 heterocycles. The van der Waals surface area contributed by atoms with Crippen LogP contribution < -0.4 is 11.1 Å². The molecule has 1 amide bonds. The molecule has 0 saturated carbocycles. The number of aliphatic hydroxyl groups is 1. The zero-order valence-corrected chi connectivity index (χ0v) is 9.86. The highest BCUT2D eigenvalue weighted by molar-refractivity contribution is 5.80. The Bertz CT molecular complexity index is 264. The molecule has 0 aromatic heterocycles. The fraction of sp³-hybridized carbons (Fsp3) is 0.800. The molecule has 6 nitrogen and oxygen atoms in total. The van der Waals surface area contributed by atoms with Crippen LogP contribution in [0.1, 0.15) is 27.2 Å². The van der Waals surface area contributed by atoms with E-state index in [-0.39, 0.29) is 30.8 Å². The minimum absolute atomic E-state index is 0.118. The Morgan fingerprint density at radius 3 is 2.31 bits per heavy atom. The number of carbonyl (C=O) groups is 2. The summed E-state index contributed by atoms with van der Waals surface area (Å²) in [6, 6.07) is -0.269. The van der Waals surface area contributed by atoms with E-state index in [9.17, 15) is 14.7 Å². The highest BCUT2D eigenvalue weighted by atomic mass is 16.4. The van der Waals surface area contributed by atoms with Crippen molar-refractivity contribution in [2.24, 2.45) is 11.7 Å². The van der Waals surface area contributed by atoms with Crippen molar-refractivity contribution in [3.8, 4) is 0 Å². The van der Waals surface area contributed by atoms with Crippen LogP contribution in [0.5, 0.6) is 0 Å². The van der Waals surface area contributed by atoms with Gasteiger partial charge in [0.25, 0.3) is 0 Å². The van der Waals surface area contributed by atoms with Crippen LogP contribution in [-0.4, -0.2) is 40.3 Å². The second kappa shape index (κ2) is 5.81. The maximum atomic E-state index is 11.3. The van der Waals surface area contributed by atoms with E-state index in [0.29, 0.717) is 0 Å².